The van der Waals surface area contributed by atoms with E-state index in [0.717, 1.165) is 15.6 Å². The summed E-state index contributed by atoms with van der Waals surface area (Å²) in [6.45, 7) is 3.37. The monoisotopic (exact) mass is 491 g/mol. The third-order valence-electron chi connectivity index (χ3n) is 4.48. The van der Waals surface area contributed by atoms with Gasteiger partial charge in [0.2, 0.25) is 5.91 Å². The van der Waals surface area contributed by atoms with E-state index in [0.29, 0.717) is 11.4 Å². The average molecular weight is 492 g/mol. The minimum Gasteiger partial charge on any atom is -0.456 e. The van der Waals surface area contributed by atoms with Crippen LogP contribution in [0.4, 0.5) is 17.1 Å². The number of rotatable bonds is 9. The van der Waals surface area contributed by atoms with Crippen LogP contribution in [0.15, 0.2) is 40.9 Å². The van der Waals surface area contributed by atoms with Gasteiger partial charge < -0.3 is 15.4 Å². The predicted octanol–water partition coefficient (Wildman–Crippen LogP) is 4.26. The Morgan fingerprint density at radius 1 is 1.03 bits per heavy atom. The van der Waals surface area contributed by atoms with Crippen molar-refractivity contribution in [3.8, 4) is 0 Å². The third-order valence-corrected chi connectivity index (χ3v) is 5.34. The van der Waals surface area contributed by atoms with Gasteiger partial charge in [-0.3, -0.25) is 24.5 Å². The molecule has 0 fully saturated rings. The van der Waals surface area contributed by atoms with Gasteiger partial charge in [0.25, 0.3) is 11.6 Å². The highest BCUT2D eigenvalue weighted by atomic mass is 79.9. The van der Waals surface area contributed by atoms with Crippen LogP contribution in [-0.2, 0) is 19.1 Å². The van der Waals surface area contributed by atoms with Gasteiger partial charge in [-0.05, 0) is 49.6 Å². The first kappa shape index (κ1) is 24.0. The number of ether oxygens (including phenoxy) is 1. The molecule has 0 aliphatic carbocycles. The Morgan fingerprint density at radius 3 is 2.48 bits per heavy atom. The Hall–Kier alpha value is -3.27. The zero-order valence-electron chi connectivity index (χ0n) is 17.1. The van der Waals surface area contributed by atoms with Gasteiger partial charge in [0.05, 0.1) is 4.92 Å². The fraction of sp³-hybridized carbons (Fsp3) is 0.286. The minimum absolute atomic E-state index is 0.0291. The Kier molecular flexibility index (Phi) is 8.68. The van der Waals surface area contributed by atoms with Crippen molar-refractivity contribution in [2.24, 2.45) is 0 Å². The fourth-order valence-corrected chi connectivity index (χ4v) is 3.07. The van der Waals surface area contributed by atoms with E-state index in [2.05, 4.69) is 26.6 Å². The first-order valence-corrected chi connectivity index (χ1v) is 10.2. The zero-order valence-corrected chi connectivity index (χ0v) is 18.7. The molecular weight excluding hydrogens is 470 g/mol. The van der Waals surface area contributed by atoms with E-state index in [1.165, 1.54) is 24.3 Å². The number of nitro benzene ring substituents is 1. The number of nitrogens with zero attached hydrogens (tertiary/aromatic N) is 1. The summed E-state index contributed by atoms with van der Waals surface area (Å²) in [6, 6.07) is 9.15. The molecule has 2 aromatic rings. The van der Waals surface area contributed by atoms with Crippen LogP contribution < -0.4 is 10.6 Å². The minimum atomic E-state index is -0.595. The normalized spacial score (nSPS) is 10.3. The maximum atomic E-state index is 12.0. The highest BCUT2D eigenvalue weighted by Crippen LogP contribution is 2.25. The Balaban J connectivity index is 1.70. The topological polar surface area (TPSA) is 128 Å². The lowest BCUT2D eigenvalue weighted by Crippen LogP contribution is -2.21. The van der Waals surface area contributed by atoms with Crippen LogP contribution in [0.3, 0.4) is 0 Å². The standard InChI is InChI=1S/C21H22BrN3O6/c1-13-14(2)18(10-9-17(13)22)24-20(27)12-31-21(28)8-4-7-19(26)23-15-5-3-6-16(11-15)25(29)30/h3,5-6,9-11H,4,7-8,12H2,1-2H3,(H,23,26)(H,24,27). The molecule has 164 valence electrons. The number of nitro groups is 1. The molecule has 0 atom stereocenters. The van der Waals surface area contributed by atoms with E-state index in [-0.39, 0.29) is 30.9 Å². The number of hydrogen-bond acceptors (Lipinski definition) is 6. The fourth-order valence-electron chi connectivity index (χ4n) is 2.64. The second-order valence-corrected chi connectivity index (χ2v) is 7.62. The van der Waals surface area contributed by atoms with Crippen LogP contribution in [0, 0.1) is 24.0 Å². The number of nitrogens with one attached hydrogen (secondary N) is 2. The van der Waals surface area contributed by atoms with Crippen molar-refractivity contribution < 1.29 is 24.0 Å². The number of anilines is 2. The van der Waals surface area contributed by atoms with Gasteiger partial charge >= 0.3 is 5.97 Å². The summed E-state index contributed by atoms with van der Waals surface area (Å²) in [5, 5.41) is 16.0. The summed E-state index contributed by atoms with van der Waals surface area (Å²) < 4.78 is 5.88. The van der Waals surface area contributed by atoms with Crippen molar-refractivity contribution in [2.75, 3.05) is 17.2 Å². The lowest BCUT2D eigenvalue weighted by molar-refractivity contribution is -0.384. The predicted molar refractivity (Wildman–Crippen MR) is 119 cm³/mol. The Labute approximate surface area is 187 Å². The van der Waals surface area contributed by atoms with E-state index in [9.17, 15) is 24.5 Å². The van der Waals surface area contributed by atoms with E-state index < -0.39 is 23.4 Å². The van der Waals surface area contributed by atoms with E-state index in [1.54, 1.807) is 6.07 Å². The number of non-ortho nitro benzene ring substituents is 1. The smallest absolute Gasteiger partial charge is 0.306 e. The second-order valence-electron chi connectivity index (χ2n) is 6.76. The van der Waals surface area contributed by atoms with E-state index in [1.807, 2.05) is 19.9 Å². The molecular formula is C21H22BrN3O6. The Bertz CT molecular complexity index is 1010. The van der Waals surface area contributed by atoms with Crippen LogP contribution in [0.25, 0.3) is 0 Å². The van der Waals surface area contributed by atoms with Crippen molar-refractivity contribution in [2.45, 2.75) is 33.1 Å². The molecule has 0 heterocycles. The second kappa shape index (κ2) is 11.2. The molecule has 9 nitrogen and oxygen atoms in total. The molecule has 10 heteroatoms. The van der Waals surface area contributed by atoms with Crippen LogP contribution >= 0.6 is 15.9 Å². The first-order valence-electron chi connectivity index (χ1n) is 9.43. The van der Waals surface area contributed by atoms with Gasteiger partial charge in [-0.2, -0.15) is 0 Å². The van der Waals surface area contributed by atoms with Crippen LogP contribution in [0.2, 0.25) is 0 Å². The summed E-state index contributed by atoms with van der Waals surface area (Å²) in [5.41, 5.74) is 2.71. The van der Waals surface area contributed by atoms with Crippen molar-refractivity contribution >= 4 is 50.8 Å². The quantitative estimate of drug-likeness (QED) is 0.306. The van der Waals surface area contributed by atoms with Crippen molar-refractivity contribution in [1.82, 2.24) is 0 Å². The van der Waals surface area contributed by atoms with Gasteiger partial charge in [0, 0.05) is 40.8 Å². The summed E-state index contributed by atoms with van der Waals surface area (Å²) in [7, 11) is 0. The highest BCUT2D eigenvalue weighted by Gasteiger charge is 2.12. The van der Waals surface area contributed by atoms with Gasteiger partial charge in [-0.25, -0.2) is 0 Å². The molecule has 2 amide bonds. The Morgan fingerprint density at radius 2 is 1.77 bits per heavy atom. The molecule has 2 aromatic carbocycles. The highest BCUT2D eigenvalue weighted by molar-refractivity contribution is 9.10. The van der Waals surface area contributed by atoms with Gasteiger partial charge in [-0.1, -0.05) is 22.0 Å². The lowest BCUT2D eigenvalue weighted by atomic mass is 10.1. The van der Waals surface area contributed by atoms with Gasteiger partial charge in [-0.15, -0.1) is 0 Å². The number of carbonyl (C=O) groups is 3. The maximum absolute atomic E-state index is 12.0. The summed E-state index contributed by atoms with van der Waals surface area (Å²) in [4.78, 5) is 46.0. The number of amides is 2. The molecule has 0 saturated carbocycles. The van der Waals surface area contributed by atoms with Crippen LogP contribution in [0.5, 0.6) is 0 Å². The summed E-state index contributed by atoms with van der Waals surface area (Å²) in [6.07, 6.45) is 0.208. The third kappa shape index (κ3) is 7.49. The molecule has 0 aliphatic heterocycles. The molecule has 0 aromatic heterocycles. The maximum Gasteiger partial charge on any atom is 0.306 e. The zero-order chi connectivity index (χ0) is 23.0. The molecule has 0 radical (unpaired) electrons. The SMILES string of the molecule is Cc1c(Br)ccc(NC(=O)COC(=O)CCCC(=O)Nc2cccc([N+](=O)[O-])c2)c1C. The number of halogens is 1. The largest absolute Gasteiger partial charge is 0.456 e. The van der Waals surface area contributed by atoms with Crippen molar-refractivity contribution in [3.63, 3.8) is 0 Å². The molecule has 31 heavy (non-hydrogen) atoms. The molecule has 0 unspecified atom stereocenters. The van der Waals surface area contributed by atoms with E-state index in [4.69, 9.17) is 4.74 Å². The van der Waals surface area contributed by atoms with Crippen LogP contribution in [-0.4, -0.2) is 29.3 Å². The number of carbonyl (C=O) groups excluding carboxylic acids is 3. The molecule has 0 saturated heterocycles. The van der Waals surface area contributed by atoms with Crippen molar-refractivity contribution in [3.05, 3.63) is 62.1 Å². The molecule has 0 bridgehead atoms. The number of benzene rings is 2. The van der Waals surface area contributed by atoms with Crippen LogP contribution in [0.1, 0.15) is 30.4 Å². The van der Waals surface area contributed by atoms with Gasteiger partial charge in [0.1, 0.15) is 0 Å². The van der Waals surface area contributed by atoms with Gasteiger partial charge in [0.15, 0.2) is 6.61 Å². The number of esters is 1. The lowest BCUT2D eigenvalue weighted by Gasteiger charge is -2.12. The molecule has 0 aliphatic rings. The number of hydrogen-bond donors (Lipinski definition) is 2. The molecule has 2 N–H and O–H groups in total. The average Bonchev–Trinajstić information content (AvgIpc) is 2.73. The van der Waals surface area contributed by atoms with Crippen molar-refractivity contribution in [1.29, 1.82) is 0 Å². The first-order chi connectivity index (χ1) is 14.7. The summed E-state index contributed by atoms with van der Waals surface area (Å²) >= 11 is 3.42. The summed E-state index contributed by atoms with van der Waals surface area (Å²) in [5.74, 6) is -1.43. The molecule has 2 rings (SSSR count). The molecule has 0 spiro atoms. The van der Waals surface area contributed by atoms with E-state index >= 15 is 0 Å².